The van der Waals surface area contributed by atoms with Crippen molar-refractivity contribution in [1.29, 1.82) is 0 Å². The van der Waals surface area contributed by atoms with Gasteiger partial charge < -0.3 is 106 Å². The predicted octanol–water partition coefficient (Wildman–Crippen LogP) is -2.64. The lowest BCUT2D eigenvalue weighted by atomic mass is 9.75. The number of allylic oxidation sites excluding steroid dienone is 2. The standard InChI is InChI=1S/C67H108F3N15O19/c1-16-19-21-36(18-3)50-47(84-61(101)66(25-23-37(24-26-66)67(68,69)70)85-54(94)40(29-64(10,11)12)79-63(102)104-65(13,14)15)59(99)83-45(48(89)33(6)7)57(97)77-39(28-32(4)5)53(93)76-38(22-20-27-74-62(72)73)52(92)81-43(34(8)17-2)56(96)82-44(35(9)87)55(95)75-30-42(88)80-46(49(90)51(71)91)58(98)78-41(31-86)60(100)103-50/h1,18-19,21,32-35,37-41,43-50,86-87,89-90H,17,20,22-31H2,2-15H3,(H2,71,91)(H,75,95)(H,76,93)(H,77,97)(H,78,98)(H,79,102)(H,80,88)(H,81,92)(H,82,96)(H,83,99)(H,84,101)(H,85,94)(H4,72,73,74)/b21-19-,36-18+/t34-,35-,37?,38+,39-,40+,41-,43-,44-,45-,46-,47?,48+,49-,50+,66?/m0/s1. The molecule has 12 amide bonds. The van der Waals surface area contributed by atoms with E-state index in [4.69, 9.17) is 33.1 Å². The zero-order valence-corrected chi connectivity index (χ0v) is 61.3. The molecule has 2 fully saturated rings. The van der Waals surface area contributed by atoms with E-state index in [9.17, 15) is 81.5 Å². The number of esters is 1. The summed E-state index contributed by atoms with van der Waals surface area (Å²) in [6, 6.07) is -18.1. The summed E-state index contributed by atoms with van der Waals surface area (Å²) in [5.74, 6) is -19.1. The van der Waals surface area contributed by atoms with Crippen LogP contribution in [0.25, 0.3) is 0 Å². The number of alkyl halides is 3. The van der Waals surface area contributed by atoms with E-state index < -0.39 is 241 Å². The van der Waals surface area contributed by atoms with Gasteiger partial charge in [-0.25, -0.2) is 9.59 Å². The molecule has 2 rings (SSSR count). The number of aliphatic imine (C=N–C) groups is 1. The van der Waals surface area contributed by atoms with Gasteiger partial charge in [0.05, 0.1) is 31.3 Å². The minimum absolute atomic E-state index is 0.0240. The smallest absolute Gasteiger partial charge is 0.408 e. The summed E-state index contributed by atoms with van der Waals surface area (Å²) >= 11 is 0. The van der Waals surface area contributed by atoms with Crippen LogP contribution in [-0.4, -0.2) is 219 Å². The van der Waals surface area contributed by atoms with Gasteiger partial charge in [-0.15, -0.1) is 6.42 Å². The second-order valence-corrected chi connectivity index (χ2v) is 28.8. The molecule has 586 valence electrons. The molecule has 1 aliphatic heterocycles. The third kappa shape index (κ3) is 29.2. The summed E-state index contributed by atoms with van der Waals surface area (Å²) in [4.78, 5) is 191. The van der Waals surface area contributed by atoms with Crippen LogP contribution in [0.4, 0.5) is 18.0 Å². The zero-order valence-electron chi connectivity index (χ0n) is 61.3. The fraction of sp³-hybridized carbons (Fsp3) is 0.701. The largest absolute Gasteiger partial charge is 0.453 e. The maximum atomic E-state index is 15.8. The Hall–Kier alpha value is -9.15. The third-order valence-corrected chi connectivity index (χ3v) is 16.9. The number of hydrogen-bond acceptors (Lipinski definition) is 20. The van der Waals surface area contributed by atoms with Gasteiger partial charge in [0.15, 0.2) is 24.2 Å². The van der Waals surface area contributed by atoms with Crippen LogP contribution in [0.3, 0.4) is 0 Å². The molecule has 104 heavy (non-hydrogen) atoms. The highest BCUT2D eigenvalue weighted by Crippen LogP contribution is 2.42. The molecule has 0 spiro atoms. The van der Waals surface area contributed by atoms with Gasteiger partial charge in [-0.3, -0.25) is 57.7 Å². The number of cyclic esters (lactones) is 1. The van der Waals surface area contributed by atoms with Gasteiger partial charge in [0.2, 0.25) is 65.0 Å². The van der Waals surface area contributed by atoms with Crippen LogP contribution < -0.4 is 75.7 Å². The molecular weight excluding hydrogens is 1380 g/mol. The predicted molar refractivity (Wildman–Crippen MR) is 370 cm³/mol. The first-order valence-electron chi connectivity index (χ1n) is 34.1. The average Bonchev–Trinajstić information content (AvgIpc) is 0.778. The van der Waals surface area contributed by atoms with Crippen LogP contribution in [0.5, 0.6) is 0 Å². The Bertz CT molecular complexity index is 3170. The van der Waals surface area contributed by atoms with Crippen LogP contribution >= 0.6 is 0 Å². The maximum Gasteiger partial charge on any atom is 0.408 e. The maximum absolute atomic E-state index is 15.8. The van der Waals surface area contributed by atoms with Crippen LogP contribution in [0.15, 0.2) is 28.8 Å². The summed E-state index contributed by atoms with van der Waals surface area (Å²) in [5.41, 5.74) is 11.7. The second-order valence-electron chi connectivity index (χ2n) is 28.8. The van der Waals surface area contributed by atoms with E-state index in [1.165, 1.54) is 48.5 Å². The topological polar surface area (TPSA) is 544 Å². The lowest BCUT2D eigenvalue weighted by Crippen LogP contribution is -2.68. The molecule has 1 saturated heterocycles. The van der Waals surface area contributed by atoms with Gasteiger partial charge in [-0.05, 0) is 127 Å². The van der Waals surface area contributed by atoms with Crippen LogP contribution in [0.1, 0.15) is 155 Å². The van der Waals surface area contributed by atoms with Crippen LogP contribution in [0.2, 0.25) is 0 Å². The number of hydrogen-bond donors (Lipinski definition) is 18. The Labute approximate surface area is 602 Å². The fourth-order valence-corrected chi connectivity index (χ4v) is 11.0. The molecule has 0 aromatic rings. The number of nitrogens with zero attached hydrogens (tertiary/aromatic N) is 1. The summed E-state index contributed by atoms with van der Waals surface area (Å²) in [7, 11) is 0. The molecule has 0 bridgehead atoms. The molecule has 1 heterocycles. The number of carbonyl (C=O) groups is 13. The molecule has 1 aliphatic carbocycles. The highest BCUT2D eigenvalue weighted by molar-refractivity contribution is 6.01. The molecule has 0 aromatic heterocycles. The number of aliphatic hydroxyl groups is 4. The van der Waals surface area contributed by atoms with Gasteiger partial charge in [-0.1, -0.05) is 80.7 Å². The number of halogens is 3. The van der Waals surface area contributed by atoms with E-state index in [-0.39, 0.29) is 50.2 Å². The highest BCUT2D eigenvalue weighted by atomic mass is 19.4. The van der Waals surface area contributed by atoms with Crippen LogP contribution in [-0.2, 0) is 67.0 Å². The number of carbonyl (C=O) groups excluding carboxylic acids is 13. The number of aliphatic hydroxyl groups excluding tert-OH is 4. The Balaban J connectivity index is 3.33. The summed E-state index contributed by atoms with van der Waals surface area (Å²) in [5, 5.41) is 70.3. The molecular formula is C67H108F3N15O19. The monoisotopic (exact) mass is 1480 g/mol. The van der Waals surface area contributed by atoms with Crippen LogP contribution in [0, 0.1) is 41.4 Å². The van der Waals surface area contributed by atoms with E-state index in [2.05, 4.69) is 58.8 Å². The van der Waals surface area contributed by atoms with Gasteiger partial charge in [-0.2, -0.15) is 13.2 Å². The summed E-state index contributed by atoms with van der Waals surface area (Å²) in [6.07, 6.45) is -9.94. The molecule has 34 nitrogen and oxygen atoms in total. The molecule has 1 saturated carbocycles. The van der Waals surface area contributed by atoms with Gasteiger partial charge in [0.1, 0.15) is 59.5 Å². The molecule has 0 radical (unpaired) electrons. The van der Waals surface area contributed by atoms with Gasteiger partial charge >= 0.3 is 18.2 Å². The molecule has 37 heteroatoms. The summed E-state index contributed by atoms with van der Waals surface area (Å²) in [6.45, 7) is 18.4. The minimum Gasteiger partial charge on any atom is -0.453 e. The molecule has 21 N–H and O–H groups in total. The molecule has 14 atom stereocenters. The SMILES string of the molecule is C#C/C=C\C(=C/C)[C@H]1OC(=O)[C@H](CO)NC(=O)[C@H]([C@H](O)C(N)=O)NC(=O)CNC(=O)[C@H]([C@H](C)O)NC(=O)[C@H]([C@@H](C)CC)NC(=O)[C@@H](CCCN=C(N)N)NC(=O)[C@H](CC(C)C)NC(=O)[C@H]([C@H](O)C(C)C)NC(=O)C1NC(=O)C1(NC(=O)[C@@H](CC(C)(C)C)NC(=O)OC(C)(C)C)CCC(C(F)(F)F)CC1. The number of rotatable bonds is 22. The van der Waals surface area contributed by atoms with Gasteiger partial charge in [0, 0.05) is 6.54 Å². The minimum atomic E-state index is -4.86. The van der Waals surface area contributed by atoms with E-state index in [0.29, 0.717) is 0 Å². The number of amides is 12. The Morgan fingerprint density at radius 2 is 1.31 bits per heavy atom. The van der Waals surface area contributed by atoms with Crippen molar-refractivity contribution < 1.29 is 105 Å². The number of nitrogens with one attached hydrogen (secondary N) is 11. The van der Waals surface area contributed by atoms with Crippen molar-refractivity contribution in [3.8, 4) is 12.3 Å². The van der Waals surface area contributed by atoms with Crippen molar-refractivity contribution >= 4 is 83.0 Å². The third-order valence-electron chi connectivity index (χ3n) is 16.9. The van der Waals surface area contributed by atoms with Crippen molar-refractivity contribution in [2.75, 3.05) is 19.7 Å². The van der Waals surface area contributed by atoms with Gasteiger partial charge in [0.25, 0.3) is 0 Å². The molecule has 0 aromatic carbocycles. The number of alkyl carbamates (subject to hydrolysis) is 1. The first-order chi connectivity index (χ1) is 48.1. The second kappa shape index (κ2) is 40.8. The van der Waals surface area contributed by atoms with Crippen molar-refractivity contribution in [3.05, 3.63) is 23.8 Å². The molecule has 1 unspecified atom stereocenters. The van der Waals surface area contributed by atoms with Crippen molar-refractivity contribution in [3.63, 3.8) is 0 Å². The summed E-state index contributed by atoms with van der Waals surface area (Å²) < 4.78 is 55.2. The first kappa shape index (κ1) is 90.9. The van der Waals surface area contributed by atoms with E-state index in [1.807, 2.05) is 10.6 Å². The van der Waals surface area contributed by atoms with Crippen molar-refractivity contribution in [1.82, 2.24) is 58.5 Å². The lowest BCUT2D eigenvalue weighted by molar-refractivity contribution is -0.186. The highest BCUT2D eigenvalue weighted by Gasteiger charge is 2.53. The normalized spacial score (nSPS) is 26.2. The Kier molecular flexibility index (Phi) is 35.7. The van der Waals surface area contributed by atoms with Crippen molar-refractivity contribution in [2.45, 2.75) is 251 Å². The average molecular weight is 1480 g/mol. The fourth-order valence-electron chi connectivity index (χ4n) is 11.0. The first-order valence-corrected chi connectivity index (χ1v) is 34.1. The Morgan fingerprint density at radius 1 is 0.760 bits per heavy atom. The number of primary amides is 1. The zero-order chi connectivity index (χ0) is 79.7. The van der Waals surface area contributed by atoms with E-state index in [0.717, 1.165) is 25.2 Å². The number of terminal acetylenes is 1. The lowest BCUT2D eigenvalue weighted by Gasteiger charge is -2.42. The quantitative estimate of drug-likeness (QED) is 0.0132. The van der Waals surface area contributed by atoms with E-state index in [1.54, 1.807) is 41.5 Å². The molecule has 2 aliphatic rings. The van der Waals surface area contributed by atoms with E-state index >= 15 is 14.4 Å². The number of guanidine groups is 1. The van der Waals surface area contributed by atoms with Crippen molar-refractivity contribution in [2.24, 2.45) is 51.3 Å². The Morgan fingerprint density at radius 3 is 1.81 bits per heavy atom. The number of ether oxygens (including phenoxy) is 2. The number of nitrogens with two attached hydrogens (primary N) is 3.